The predicted molar refractivity (Wildman–Crippen MR) is 88.2 cm³/mol. The predicted octanol–water partition coefficient (Wildman–Crippen LogP) is 2.45. The molecule has 0 saturated heterocycles. The van der Waals surface area contributed by atoms with E-state index in [-0.39, 0.29) is 11.8 Å². The number of aromatic nitrogens is 2. The molecule has 0 fully saturated rings. The molecule has 1 aromatic carbocycles. The Morgan fingerprint density at radius 3 is 2.83 bits per heavy atom. The normalized spacial score (nSPS) is 12.0. The van der Waals surface area contributed by atoms with E-state index in [0.717, 1.165) is 12.1 Å². The fourth-order valence-electron chi connectivity index (χ4n) is 1.92. The summed E-state index contributed by atoms with van der Waals surface area (Å²) in [5, 5.41) is 7.40. The summed E-state index contributed by atoms with van der Waals surface area (Å²) in [6.07, 6.45) is 1.71. The number of hydrogen-bond acceptors (Lipinski definition) is 4. The van der Waals surface area contributed by atoms with Crippen LogP contribution in [0.5, 0.6) is 5.88 Å². The van der Waals surface area contributed by atoms with Gasteiger partial charge < -0.3 is 14.8 Å². The molecule has 7 heteroatoms. The number of nitrogens with one attached hydrogen (secondary N) is 1. The number of ether oxygens (including phenoxy) is 2. The number of benzene rings is 1. The molecule has 6 nitrogen and oxygen atoms in total. The van der Waals surface area contributed by atoms with Crippen LogP contribution in [0.2, 0.25) is 5.02 Å². The van der Waals surface area contributed by atoms with Gasteiger partial charge in [-0.15, -0.1) is 5.10 Å². The zero-order valence-electron chi connectivity index (χ0n) is 13.2. The van der Waals surface area contributed by atoms with Gasteiger partial charge in [0, 0.05) is 20.3 Å². The Bertz CT molecular complexity index is 631. The quantitative estimate of drug-likeness (QED) is 0.751. The maximum Gasteiger partial charge on any atom is 0.260 e. The molecule has 1 heterocycles. The average Bonchev–Trinajstić information content (AvgIpc) is 2.93. The molecule has 0 bridgehead atoms. The molecule has 23 heavy (non-hydrogen) atoms. The number of para-hydroxylation sites is 1. The highest BCUT2D eigenvalue weighted by Crippen LogP contribution is 2.24. The molecule has 1 aromatic heterocycles. The summed E-state index contributed by atoms with van der Waals surface area (Å²) in [6, 6.07) is 9.53. The van der Waals surface area contributed by atoms with Gasteiger partial charge in [-0.2, -0.15) is 0 Å². The van der Waals surface area contributed by atoms with Crippen molar-refractivity contribution in [3.8, 4) is 11.6 Å². The molecule has 0 aliphatic rings. The minimum Gasteiger partial charge on any atom is -0.462 e. The molecule has 2 rings (SSSR count). The molecule has 1 amide bonds. The van der Waals surface area contributed by atoms with E-state index in [2.05, 4.69) is 10.4 Å². The number of carbonyl (C=O) groups excluding carboxylic acids is 1. The Morgan fingerprint density at radius 2 is 2.13 bits per heavy atom. The van der Waals surface area contributed by atoms with Crippen LogP contribution in [-0.2, 0) is 9.53 Å². The number of carbonyl (C=O) groups is 1. The number of hydrogen-bond donors (Lipinski definition) is 1. The van der Waals surface area contributed by atoms with Crippen molar-refractivity contribution in [3.05, 3.63) is 41.6 Å². The van der Waals surface area contributed by atoms with Crippen molar-refractivity contribution < 1.29 is 14.3 Å². The Hall–Kier alpha value is -2.05. The summed E-state index contributed by atoms with van der Waals surface area (Å²) >= 11 is 6.13. The summed E-state index contributed by atoms with van der Waals surface area (Å²) < 4.78 is 12.1. The molecule has 0 radical (unpaired) electrons. The summed E-state index contributed by atoms with van der Waals surface area (Å²) in [6.45, 7) is 2.79. The fourth-order valence-corrected chi connectivity index (χ4v) is 2.10. The molecule has 1 N–H and O–H groups in total. The van der Waals surface area contributed by atoms with Gasteiger partial charge in [0.1, 0.15) is 5.02 Å². The largest absolute Gasteiger partial charge is 0.462 e. The molecular weight excluding hydrogens is 318 g/mol. The first-order chi connectivity index (χ1) is 11.1. The standard InChI is InChI=1S/C16H20ClN3O3/c1-12(15(21)18-9-6-10-22-2)23-16-14(17)11-20(19-16)13-7-4-3-5-8-13/h3-5,7-8,11-12H,6,9-10H2,1-2H3,(H,18,21). The maximum absolute atomic E-state index is 11.9. The van der Waals surface area contributed by atoms with Crippen molar-refractivity contribution in [2.45, 2.75) is 19.4 Å². The van der Waals surface area contributed by atoms with Crippen molar-refractivity contribution in [1.82, 2.24) is 15.1 Å². The topological polar surface area (TPSA) is 65.4 Å². The molecule has 0 aliphatic heterocycles. The minimum absolute atomic E-state index is 0.216. The second-order valence-electron chi connectivity index (χ2n) is 4.96. The third kappa shape index (κ3) is 4.97. The van der Waals surface area contributed by atoms with E-state index in [9.17, 15) is 4.79 Å². The highest BCUT2D eigenvalue weighted by molar-refractivity contribution is 6.31. The van der Waals surface area contributed by atoms with Crippen LogP contribution in [0.3, 0.4) is 0 Å². The third-order valence-corrected chi connectivity index (χ3v) is 3.40. The second-order valence-corrected chi connectivity index (χ2v) is 5.37. The van der Waals surface area contributed by atoms with E-state index < -0.39 is 6.10 Å². The van der Waals surface area contributed by atoms with Crippen LogP contribution in [0.4, 0.5) is 0 Å². The van der Waals surface area contributed by atoms with Gasteiger partial charge in [0.15, 0.2) is 6.10 Å². The van der Waals surface area contributed by atoms with Gasteiger partial charge in [-0.25, -0.2) is 4.68 Å². The summed E-state index contributed by atoms with van der Waals surface area (Å²) in [5.74, 6) is 0.0153. The highest BCUT2D eigenvalue weighted by atomic mass is 35.5. The van der Waals surface area contributed by atoms with Crippen molar-refractivity contribution in [1.29, 1.82) is 0 Å². The highest BCUT2D eigenvalue weighted by Gasteiger charge is 2.18. The van der Waals surface area contributed by atoms with Crippen LogP contribution in [0.25, 0.3) is 5.69 Å². The van der Waals surface area contributed by atoms with E-state index in [1.54, 1.807) is 24.9 Å². The van der Waals surface area contributed by atoms with Crippen molar-refractivity contribution in [3.63, 3.8) is 0 Å². The average molecular weight is 338 g/mol. The zero-order valence-corrected chi connectivity index (χ0v) is 13.9. The lowest BCUT2D eigenvalue weighted by Crippen LogP contribution is -2.37. The van der Waals surface area contributed by atoms with Crippen molar-refractivity contribution in [2.75, 3.05) is 20.3 Å². The van der Waals surface area contributed by atoms with Crippen LogP contribution >= 0.6 is 11.6 Å². The number of nitrogens with zero attached hydrogens (tertiary/aromatic N) is 2. The Balaban J connectivity index is 1.95. The molecule has 124 valence electrons. The van der Waals surface area contributed by atoms with Crippen LogP contribution in [0.1, 0.15) is 13.3 Å². The molecule has 0 spiro atoms. The smallest absolute Gasteiger partial charge is 0.260 e. The fraction of sp³-hybridized carbons (Fsp3) is 0.375. The van der Waals surface area contributed by atoms with Gasteiger partial charge in [-0.3, -0.25) is 4.79 Å². The second kappa shape index (κ2) is 8.55. The van der Waals surface area contributed by atoms with Gasteiger partial charge >= 0.3 is 0 Å². The Labute approximate surface area is 140 Å². The number of halogens is 1. The molecule has 0 aliphatic carbocycles. The lowest BCUT2D eigenvalue weighted by atomic mass is 10.3. The van der Waals surface area contributed by atoms with Crippen LogP contribution in [-0.4, -0.2) is 42.1 Å². The van der Waals surface area contributed by atoms with E-state index in [0.29, 0.717) is 18.2 Å². The van der Waals surface area contributed by atoms with Crippen LogP contribution in [0.15, 0.2) is 36.5 Å². The number of methoxy groups -OCH3 is 1. The lowest BCUT2D eigenvalue weighted by molar-refractivity contribution is -0.127. The van der Waals surface area contributed by atoms with Crippen LogP contribution < -0.4 is 10.1 Å². The van der Waals surface area contributed by atoms with E-state index in [1.807, 2.05) is 30.3 Å². The molecule has 2 aromatic rings. The third-order valence-electron chi connectivity index (χ3n) is 3.14. The summed E-state index contributed by atoms with van der Waals surface area (Å²) in [5.41, 5.74) is 0.862. The van der Waals surface area contributed by atoms with Gasteiger partial charge in [-0.05, 0) is 25.5 Å². The summed E-state index contributed by atoms with van der Waals surface area (Å²) in [7, 11) is 1.62. The van der Waals surface area contributed by atoms with E-state index >= 15 is 0 Å². The molecule has 1 unspecified atom stereocenters. The first kappa shape index (κ1) is 17.3. The maximum atomic E-state index is 11.9. The van der Waals surface area contributed by atoms with Gasteiger partial charge in [0.05, 0.1) is 11.9 Å². The summed E-state index contributed by atoms with van der Waals surface area (Å²) in [4.78, 5) is 11.9. The molecule has 1 atom stereocenters. The number of amides is 1. The first-order valence-electron chi connectivity index (χ1n) is 7.35. The van der Waals surface area contributed by atoms with Gasteiger partial charge in [-0.1, -0.05) is 29.8 Å². The van der Waals surface area contributed by atoms with Crippen molar-refractivity contribution in [2.24, 2.45) is 0 Å². The molecule has 0 saturated carbocycles. The number of rotatable bonds is 8. The SMILES string of the molecule is COCCCNC(=O)C(C)Oc1nn(-c2ccccc2)cc1Cl. The molecular formula is C16H20ClN3O3. The van der Waals surface area contributed by atoms with Crippen LogP contribution in [0, 0.1) is 0 Å². The van der Waals surface area contributed by atoms with Crippen molar-refractivity contribution >= 4 is 17.5 Å². The lowest BCUT2D eigenvalue weighted by Gasteiger charge is -2.13. The minimum atomic E-state index is -0.686. The zero-order chi connectivity index (χ0) is 16.7. The van der Waals surface area contributed by atoms with Gasteiger partial charge in [0.25, 0.3) is 11.8 Å². The Morgan fingerprint density at radius 1 is 1.39 bits per heavy atom. The van der Waals surface area contributed by atoms with E-state index in [4.69, 9.17) is 21.1 Å². The van der Waals surface area contributed by atoms with Gasteiger partial charge in [0.2, 0.25) is 0 Å². The first-order valence-corrected chi connectivity index (χ1v) is 7.73. The van der Waals surface area contributed by atoms with E-state index in [1.165, 1.54) is 0 Å². The Kier molecular flexibility index (Phi) is 6.43. The monoisotopic (exact) mass is 337 g/mol.